The third-order valence-electron chi connectivity index (χ3n) is 6.57. The predicted octanol–water partition coefficient (Wildman–Crippen LogP) is 1.11. The number of carboxylic acid groups (broad SMARTS) is 1. The van der Waals surface area contributed by atoms with Gasteiger partial charge in [-0.25, -0.2) is 4.79 Å². The van der Waals surface area contributed by atoms with Gasteiger partial charge in [0, 0.05) is 6.54 Å². The molecule has 0 aliphatic carbocycles. The lowest BCUT2D eigenvalue weighted by Gasteiger charge is -2.29. The van der Waals surface area contributed by atoms with Crippen LogP contribution in [0, 0.1) is 5.92 Å². The van der Waals surface area contributed by atoms with Crippen LogP contribution in [0.4, 0.5) is 0 Å². The van der Waals surface area contributed by atoms with Gasteiger partial charge in [-0.2, -0.15) is 11.8 Å². The molecule has 2 rings (SSSR count). The predicted molar refractivity (Wildman–Crippen MR) is 138 cm³/mol. The van der Waals surface area contributed by atoms with E-state index in [4.69, 9.17) is 5.73 Å². The second-order valence-electron chi connectivity index (χ2n) is 9.22. The lowest BCUT2D eigenvalue weighted by Crippen LogP contribution is -2.57. The van der Waals surface area contributed by atoms with Gasteiger partial charge in [-0.1, -0.05) is 32.4 Å². The van der Waals surface area contributed by atoms with E-state index in [1.54, 1.807) is 19.1 Å². The molecule has 3 amide bonds. The quantitative estimate of drug-likeness (QED) is 0.257. The molecule has 1 fully saturated rings. The van der Waals surface area contributed by atoms with Crippen molar-refractivity contribution < 1.29 is 29.4 Å². The Bertz CT molecular complexity index is 912. The molecule has 0 saturated carbocycles. The molecule has 11 heteroatoms. The molecule has 200 valence electrons. The summed E-state index contributed by atoms with van der Waals surface area (Å²) in [7, 11) is 0. The number of carbonyl (C=O) groups excluding carboxylic acids is 3. The van der Waals surface area contributed by atoms with E-state index in [0.29, 0.717) is 38.0 Å². The summed E-state index contributed by atoms with van der Waals surface area (Å²) in [5, 5.41) is 24.3. The summed E-state index contributed by atoms with van der Waals surface area (Å²) in [4.78, 5) is 52.4. The summed E-state index contributed by atoms with van der Waals surface area (Å²) < 4.78 is 0. The van der Waals surface area contributed by atoms with Crippen LogP contribution in [-0.2, 0) is 25.6 Å². The van der Waals surface area contributed by atoms with Gasteiger partial charge in [-0.05, 0) is 61.3 Å². The number of nitrogens with two attached hydrogens (primary N) is 1. The number of nitrogens with zero attached hydrogens (tertiary/aromatic N) is 1. The first-order valence-corrected chi connectivity index (χ1v) is 13.6. The van der Waals surface area contributed by atoms with Gasteiger partial charge in [0.2, 0.25) is 17.7 Å². The van der Waals surface area contributed by atoms with Crippen LogP contribution in [0.3, 0.4) is 0 Å². The fraction of sp³-hybridized carbons (Fsp3) is 0.600. The number of phenols is 1. The molecule has 1 aliphatic heterocycles. The van der Waals surface area contributed by atoms with Gasteiger partial charge in [0.05, 0.1) is 6.04 Å². The van der Waals surface area contributed by atoms with E-state index in [2.05, 4.69) is 10.6 Å². The van der Waals surface area contributed by atoms with E-state index in [1.165, 1.54) is 28.8 Å². The van der Waals surface area contributed by atoms with Gasteiger partial charge in [0.25, 0.3) is 0 Å². The van der Waals surface area contributed by atoms with Crippen LogP contribution < -0.4 is 16.4 Å². The molecule has 0 radical (unpaired) electrons. The van der Waals surface area contributed by atoms with E-state index in [0.717, 1.165) is 5.56 Å². The Hall–Kier alpha value is -2.79. The number of phenolic OH excluding ortho intramolecular Hbond substituents is 1. The average Bonchev–Trinajstić information content (AvgIpc) is 3.35. The lowest BCUT2D eigenvalue weighted by molar-refractivity contribution is -0.144. The van der Waals surface area contributed by atoms with Crippen molar-refractivity contribution in [1.82, 2.24) is 15.5 Å². The standard InChI is InChI=1S/C25H38N4O6S/c1-4-15(2)21(25(34)35)28-22(31)19(11-13-36-3)27-23(32)20-6-5-12-29(20)24(33)18(26)14-16-7-9-17(30)10-8-16/h7-10,15,18-21,30H,4-6,11-14,26H2,1-3H3,(H,27,32)(H,28,31)(H,34,35). The molecule has 1 aliphatic rings. The van der Waals surface area contributed by atoms with E-state index in [-0.39, 0.29) is 24.0 Å². The zero-order valence-electron chi connectivity index (χ0n) is 21.1. The highest BCUT2D eigenvalue weighted by Crippen LogP contribution is 2.20. The maximum absolute atomic E-state index is 13.2. The van der Waals surface area contributed by atoms with Crippen molar-refractivity contribution in [1.29, 1.82) is 0 Å². The van der Waals surface area contributed by atoms with Crippen LogP contribution in [0.2, 0.25) is 0 Å². The van der Waals surface area contributed by atoms with Crippen LogP contribution >= 0.6 is 11.8 Å². The monoisotopic (exact) mass is 522 g/mol. The third kappa shape index (κ3) is 8.12. The summed E-state index contributed by atoms with van der Waals surface area (Å²) in [6.45, 7) is 3.98. The zero-order chi connectivity index (χ0) is 26.8. The zero-order valence-corrected chi connectivity index (χ0v) is 21.9. The topological polar surface area (TPSA) is 162 Å². The maximum atomic E-state index is 13.2. The molecule has 0 aromatic heterocycles. The van der Waals surface area contributed by atoms with Gasteiger partial charge < -0.3 is 31.5 Å². The largest absolute Gasteiger partial charge is 0.508 e. The molecule has 1 aromatic rings. The molecular weight excluding hydrogens is 484 g/mol. The van der Waals surface area contributed by atoms with E-state index in [1.807, 2.05) is 13.2 Å². The van der Waals surface area contributed by atoms with Crippen molar-refractivity contribution in [3.8, 4) is 5.75 Å². The minimum atomic E-state index is -1.12. The van der Waals surface area contributed by atoms with Gasteiger partial charge in [-0.3, -0.25) is 14.4 Å². The van der Waals surface area contributed by atoms with Crippen molar-refractivity contribution in [2.45, 2.75) is 70.1 Å². The molecule has 0 spiro atoms. The number of benzene rings is 1. The van der Waals surface area contributed by atoms with Crippen molar-refractivity contribution in [2.75, 3.05) is 18.6 Å². The number of carboxylic acids is 1. The molecular formula is C25H38N4O6S. The highest BCUT2D eigenvalue weighted by atomic mass is 32.2. The van der Waals surface area contributed by atoms with E-state index in [9.17, 15) is 29.4 Å². The number of thioether (sulfide) groups is 1. The minimum absolute atomic E-state index is 0.119. The Morgan fingerprint density at radius 1 is 1.19 bits per heavy atom. The molecule has 5 unspecified atom stereocenters. The molecule has 6 N–H and O–H groups in total. The number of aromatic hydroxyl groups is 1. The maximum Gasteiger partial charge on any atom is 0.326 e. The van der Waals surface area contributed by atoms with Gasteiger partial charge in [-0.15, -0.1) is 0 Å². The first-order valence-electron chi connectivity index (χ1n) is 12.2. The summed E-state index contributed by atoms with van der Waals surface area (Å²) in [5.74, 6) is -2.05. The van der Waals surface area contributed by atoms with Crippen LogP contribution in [-0.4, -0.2) is 81.5 Å². The second-order valence-corrected chi connectivity index (χ2v) is 10.2. The molecule has 1 saturated heterocycles. The molecule has 36 heavy (non-hydrogen) atoms. The first-order chi connectivity index (χ1) is 17.1. The summed E-state index contributed by atoms with van der Waals surface area (Å²) in [6, 6.07) is 2.84. The molecule has 10 nitrogen and oxygen atoms in total. The highest BCUT2D eigenvalue weighted by Gasteiger charge is 2.38. The number of likely N-dealkylation sites (tertiary alicyclic amines) is 1. The SMILES string of the molecule is CCC(C)C(NC(=O)C(CCSC)NC(=O)C1CCCN1C(=O)C(N)Cc1ccc(O)cc1)C(=O)O. The Kier molecular flexibility index (Phi) is 11.5. The average molecular weight is 523 g/mol. The number of carbonyl (C=O) groups is 4. The van der Waals surface area contributed by atoms with Crippen LogP contribution in [0.15, 0.2) is 24.3 Å². The Morgan fingerprint density at radius 3 is 2.44 bits per heavy atom. The smallest absolute Gasteiger partial charge is 0.326 e. The number of nitrogens with one attached hydrogen (secondary N) is 2. The molecule has 1 heterocycles. The van der Waals surface area contributed by atoms with Crippen molar-refractivity contribution in [3.05, 3.63) is 29.8 Å². The summed E-state index contributed by atoms with van der Waals surface area (Å²) in [5.41, 5.74) is 6.95. The molecule has 1 aromatic carbocycles. The number of hydrogen-bond donors (Lipinski definition) is 5. The fourth-order valence-electron chi connectivity index (χ4n) is 4.20. The molecule has 5 atom stereocenters. The van der Waals surface area contributed by atoms with E-state index >= 15 is 0 Å². The van der Waals surface area contributed by atoms with Gasteiger partial charge >= 0.3 is 5.97 Å². The number of rotatable bonds is 13. The number of amides is 3. The van der Waals surface area contributed by atoms with E-state index < -0.39 is 42.0 Å². The van der Waals surface area contributed by atoms with Crippen molar-refractivity contribution >= 4 is 35.5 Å². The normalized spacial score (nSPS) is 18.7. The summed E-state index contributed by atoms with van der Waals surface area (Å²) >= 11 is 1.51. The Labute approximate surface area is 216 Å². The Morgan fingerprint density at radius 2 is 1.86 bits per heavy atom. The van der Waals surface area contributed by atoms with Crippen molar-refractivity contribution in [2.24, 2.45) is 11.7 Å². The number of aliphatic carboxylic acids is 1. The lowest BCUT2D eigenvalue weighted by atomic mass is 9.98. The third-order valence-corrected chi connectivity index (χ3v) is 7.21. The Balaban J connectivity index is 2.08. The van der Waals surface area contributed by atoms with Crippen molar-refractivity contribution in [3.63, 3.8) is 0 Å². The van der Waals surface area contributed by atoms with Gasteiger partial charge in [0.1, 0.15) is 23.9 Å². The van der Waals surface area contributed by atoms with Gasteiger partial charge in [0.15, 0.2) is 0 Å². The number of hydrogen-bond acceptors (Lipinski definition) is 7. The van der Waals surface area contributed by atoms with Crippen LogP contribution in [0.5, 0.6) is 5.75 Å². The second kappa shape index (κ2) is 14.1. The fourth-order valence-corrected chi connectivity index (χ4v) is 4.67. The van der Waals surface area contributed by atoms with Crippen LogP contribution in [0.1, 0.15) is 45.1 Å². The minimum Gasteiger partial charge on any atom is -0.508 e. The highest BCUT2D eigenvalue weighted by molar-refractivity contribution is 7.98. The first kappa shape index (κ1) is 29.4. The molecule has 0 bridgehead atoms. The summed E-state index contributed by atoms with van der Waals surface area (Å²) in [6.07, 6.45) is 4.12. The van der Waals surface area contributed by atoms with Crippen LogP contribution in [0.25, 0.3) is 0 Å².